The van der Waals surface area contributed by atoms with Crippen LogP contribution in [0.15, 0.2) is 24.3 Å². The number of para-hydroxylation sites is 1. The Hall–Kier alpha value is -1.63. The lowest BCUT2D eigenvalue weighted by molar-refractivity contribution is -0.136. The molecule has 1 fully saturated rings. The zero-order valence-corrected chi connectivity index (χ0v) is 13.5. The van der Waals surface area contributed by atoms with Crippen molar-refractivity contribution in [2.24, 2.45) is 5.92 Å². The highest BCUT2D eigenvalue weighted by molar-refractivity contribution is 7.92. The van der Waals surface area contributed by atoms with Gasteiger partial charge in [-0.15, -0.1) is 0 Å². The van der Waals surface area contributed by atoms with E-state index in [0.717, 1.165) is 0 Å². The largest absolute Gasteiger partial charge is 0.481 e. The second-order valence-electron chi connectivity index (χ2n) is 5.86. The first-order valence-electron chi connectivity index (χ1n) is 7.16. The fourth-order valence-corrected chi connectivity index (χ4v) is 4.28. The highest BCUT2D eigenvalue weighted by Crippen LogP contribution is 2.20. The quantitative estimate of drug-likeness (QED) is 0.793. The number of benzene rings is 1. The molecule has 0 atom stereocenters. The predicted octanol–water partition coefficient (Wildman–Crippen LogP) is 1.49. The number of halogens is 1. The highest BCUT2D eigenvalue weighted by atomic mass is 32.2. The number of amides is 1. The summed E-state index contributed by atoms with van der Waals surface area (Å²) in [5.74, 6) is -0.652. The van der Waals surface area contributed by atoms with E-state index in [2.05, 4.69) is 0 Å². The van der Waals surface area contributed by atoms with Crippen molar-refractivity contribution in [3.05, 3.63) is 30.1 Å². The fourth-order valence-electron chi connectivity index (χ4n) is 2.26. The molecule has 22 heavy (non-hydrogen) atoms. The van der Waals surface area contributed by atoms with E-state index in [0.29, 0.717) is 0 Å². The molecule has 0 bridgehead atoms. The summed E-state index contributed by atoms with van der Waals surface area (Å²) < 4.78 is 42.5. The zero-order chi connectivity index (χ0) is 16.3. The summed E-state index contributed by atoms with van der Waals surface area (Å²) >= 11 is 0. The van der Waals surface area contributed by atoms with Crippen molar-refractivity contribution in [3.8, 4) is 5.75 Å². The zero-order valence-electron chi connectivity index (χ0n) is 12.7. The van der Waals surface area contributed by atoms with Crippen molar-refractivity contribution in [1.82, 2.24) is 4.90 Å². The van der Waals surface area contributed by atoms with Crippen molar-refractivity contribution in [3.63, 3.8) is 0 Å². The number of hydrogen-bond acceptors (Lipinski definition) is 4. The van der Waals surface area contributed by atoms with Crippen LogP contribution in [0.2, 0.25) is 0 Å². The van der Waals surface area contributed by atoms with Crippen LogP contribution in [0.25, 0.3) is 0 Å². The molecule has 0 saturated carbocycles. The molecule has 0 unspecified atom stereocenters. The van der Waals surface area contributed by atoms with Gasteiger partial charge in [0.2, 0.25) is 0 Å². The SMILES string of the molecule is CC(C)CS(=O)(=O)C1CN(C(=O)COc2ccccc2F)C1. The van der Waals surface area contributed by atoms with Crippen LogP contribution in [0.5, 0.6) is 5.75 Å². The molecule has 0 aromatic heterocycles. The molecule has 1 aliphatic heterocycles. The Morgan fingerprint density at radius 1 is 1.36 bits per heavy atom. The van der Waals surface area contributed by atoms with Crippen LogP contribution >= 0.6 is 0 Å². The second-order valence-corrected chi connectivity index (χ2v) is 8.19. The summed E-state index contributed by atoms with van der Waals surface area (Å²) in [6.07, 6.45) is 0. The van der Waals surface area contributed by atoms with Crippen LogP contribution in [0.1, 0.15) is 13.8 Å². The first-order valence-corrected chi connectivity index (χ1v) is 8.88. The van der Waals surface area contributed by atoms with Gasteiger partial charge in [0.05, 0.1) is 11.0 Å². The number of carbonyl (C=O) groups is 1. The van der Waals surface area contributed by atoms with E-state index in [4.69, 9.17) is 4.74 Å². The van der Waals surface area contributed by atoms with Gasteiger partial charge in [-0.3, -0.25) is 4.79 Å². The lowest BCUT2D eigenvalue weighted by atomic mass is 10.2. The van der Waals surface area contributed by atoms with Crippen LogP contribution < -0.4 is 4.74 Å². The fraction of sp³-hybridized carbons (Fsp3) is 0.533. The van der Waals surface area contributed by atoms with Gasteiger partial charge >= 0.3 is 0 Å². The first-order chi connectivity index (χ1) is 10.3. The second kappa shape index (κ2) is 6.64. The van der Waals surface area contributed by atoms with Crippen LogP contribution in [-0.2, 0) is 14.6 Å². The van der Waals surface area contributed by atoms with Gasteiger partial charge in [-0.25, -0.2) is 12.8 Å². The number of sulfone groups is 1. The average molecular weight is 329 g/mol. The summed E-state index contributed by atoms with van der Waals surface area (Å²) in [7, 11) is -3.16. The molecule has 5 nitrogen and oxygen atoms in total. The smallest absolute Gasteiger partial charge is 0.260 e. The minimum absolute atomic E-state index is 0.0142. The standard InChI is InChI=1S/C15H20FNO4S/c1-11(2)10-22(19,20)12-7-17(8-12)15(18)9-21-14-6-4-3-5-13(14)16/h3-6,11-12H,7-10H2,1-2H3. The number of carbonyl (C=O) groups excluding carboxylic acids is 1. The molecule has 0 radical (unpaired) electrons. The summed E-state index contributed by atoms with van der Waals surface area (Å²) in [5.41, 5.74) is 0. The van der Waals surface area contributed by atoms with E-state index >= 15 is 0 Å². The Labute approximate surface area is 130 Å². The molecule has 122 valence electrons. The number of hydrogen-bond donors (Lipinski definition) is 0. The molecule has 0 aliphatic carbocycles. The number of ether oxygens (including phenoxy) is 1. The van der Waals surface area contributed by atoms with Crippen LogP contribution in [0.3, 0.4) is 0 Å². The third-order valence-corrected chi connectivity index (χ3v) is 5.91. The summed E-state index contributed by atoms with van der Waals surface area (Å²) in [5, 5.41) is -0.493. The maximum atomic E-state index is 13.3. The Balaban J connectivity index is 1.81. The molecular weight excluding hydrogens is 309 g/mol. The lowest BCUT2D eigenvalue weighted by Gasteiger charge is -2.38. The normalized spacial score (nSPS) is 15.7. The van der Waals surface area contributed by atoms with Gasteiger partial charge in [-0.2, -0.15) is 0 Å². The maximum absolute atomic E-state index is 13.3. The van der Waals surface area contributed by atoms with Gasteiger partial charge in [0.15, 0.2) is 28.0 Å². The Kier molecular flexibility index (Phi) is 5.05. The third-order valence-electron chi connectivity index (χ3n) is 3.46. The van der Waals surface area contributed by atoms with Gasteiger partial charge < -0.3 is 9.64 Å². The monoisotopic (exact) mass is 329 g/mol. The minimum Gasteiger partial charge on any atom is -0.481 e. The van der Waals surface area contributed by atoms with Crippen molar-refractivity contribution in [2.45, 2.75) is 19.1 Å². The van der Waals surface area contributed by atoms with E-state index < -0.39 is 20.9 Å². The van der Waals surface area contributed by atoms with E-state index in [1.54, 1.807) is 6.07 Å². The van der Waals surface area contributed by atoms with Crippen molar-refractivity contribution < 1.29 is 22.3 Å². The van der Waals surface area contributed by atoms with Crippen molar-refractivity contribution in [2.75, 3.05) is 25.4 Å². The number of likely N-dealkylation sites (tertiary alicyclic amines) is 1. The summed E-state index contributed by atoms with van der Waals surface area (Å²) in [6, 6.07) is 5.83. The average Bonchev–Trinajstić information content (AvgIpc) is 2.33. The number of rotatable bonds is 6. The first kappa shape index (κ1) is 16.7. The summed E-state index contributed by atoms with van der Waals surface area (Å²) in [6.45, 7) is 3.78. The van der Waals surface area contributed by atoms with Crippen molar-refractivity contribution >= 4 is 15.7 Å². The Morgan fingerprint density at radius 3 is 2.59 bits per heavy atom. The Bertz CT molecular complexity index is 639. The molecule has 1 aliphatic rings. The molecule has 1 aromatic carbocycles. The maximum Gasteiger partial charge on any atom is 0.260 e. The van der Waals surface area contributed by atoms with Crippen molar-refractivity contribution in [1.29, 1.82) is 0 Å². The summed E-state index contributed by atoms with van der Waals surface area (Å²) in [4.78, 5) is 13.3. The highest BCUT2D eigenvalue weighted by Gasteiger charge is 2.39. The molecule has 0 spiro atoms. The van der Waals surface area contributed by atoms with Crippen LogP contribution in [0.4, 0.5) is 4.39 Å². The van der Waals surface area contributed by atoms with Gasteiger partial charge in [0.1, 0.15) is 0 Å². The van der Waals surface area contributed by atoms with Gasteiger partial charge in [0.25, 0.3) is 5.91 Å². The van der Waals surface area contributed by atoms with Crippen LogP contribution in [-0.4, -0.2) is 49.9 Å². The molecule has 7 heteroatoms. The Morgan fingerprint density at radius 2 is 2.00 bits per heavy atom. The molecule has 1 saturated heterocycles. The predicted molar refractivity (Wildman–Crippen MR) is 80.9 cm³/mol. The van der Waals surface area contributed by atoms with Gasteiger partial charge in [-0.05, 0) is 18.1 Å². The molecule has 0 N–H and O–H groups in total. The molecule has 1 amide bonds. The molecule has 1 aromatic rings. The molecular formula is C15H20FNO4S. The van der Waals surface area contributed by atoms with Crippen LogP contribution in [0, 0.1) is 11.7 Å². The van der Waals surface area contributed by atoms with E-state index in [1.165, 1.54) is 23.1 Å². The lowest BCUT2D eigenvalue weighted by Crippen LogP contribution is -2.58. The molecule has 1 heterocycles. The van der Waals surface area contributed by atoms with Gasteiger partial charge in [0, 0.05) is 13.1 Å². The molecule has 2 rings (SSSR count). The minimum atomic E-state index is -3.16. The van der Waals surface area contributed by atoms with E-state index in [9.17, 15) is 17.6 Å². The van der Waals surface area contributed by atoms with E-state index in [-0.39, 0.29) is 43.0 Å². The topological polar surface area (TPSA) is 63.7 Å². The third kappa shape index (κ3) is 3.97. The number of nitrogens with zero attached hydrogens (tertiary/aromatic N) is 1. The van der Waals surface area contributed by atoms with Gasteiger partial charge in [-0.1, -0.05) is 26.0 Å². The van der Waals surface area contributed by atoms with E-state index in [1.807, 2.05) is 13.8 Å².